The van der Waals surface area contributed by atoms with E-state index in [-0.39, 0.29) is 11.5 Å². The van der Waals surface area contributed by atoms with Crippen LogP contribution in [0.25, 0.3) is 11.0 Å². The Hall–Kier alpha value is -2.63. The molecule has 1 heterocycles. The number of nitrogens with zero attached hydrogens (tertiary/aromatic N) is 1. The van der Waals surface area contributed by atoms with Crippen molar-refractivity contribution in [3.8, 4) is 0 Å². The van der Waals surface area contributed by atoms with E-state index in [0.717, 1.165) is 0 Å². The van der Waals surface area contributed by atoms with Gasteiger partial charge in [-0.3, -0.25) is 4.79 Å². The maximum Gasteiger partial charge on any atom is 0.351 e. The van der Waals surface area contributed by atoms with Gasteiger partial charge in [-0.05, 0) is 12.1 Å². The summed E-state index contributed by atoms with van der Waals surface area (Å²) in [6.45, 7) is -0.419. The molecule has 0 radical (unpaired) electrons. The monoisotopic (exact) mass is 275 g/mol. The van der Waals surface area contributed by atoms with Crippen LogP contribution in [-0.4, -0.2) is 37.5 Å². The smallest absolute Gasteiger partial charge is 0.351 e. The molecule has 1 amide bonds. The second kappa shape index (κ2) is 5.56. The van der Waals surface area contributed by atoms with Gasteiger partial charge in [0.2, 0.25) is 0 Å². The van der Waals surface area contributed by atoms with Crippen LogP contribution >= 0.6 is 0 Å². The maximum absolute atomic E-state index is 11.8. The standard InChI is InChI=1S/C14H13NO5/c1-15(2)12(16)8-19-13(17)10-7-9-5-3-4-6-11(9)20-14(10)18/h3-7H,8H2,1-2H3. The van der Waals surface area contributed by atoms with E-state index in [1.165, 1.54) is 11.0 Å². The van der Waals surface area contributed by atoms with Crippen molar-refractivity contribution in [2.24, 2.45) is 0 Å². The van der Waals surface area contributed by atoms with Gasteiger partial charge in [0, 0.05) is 19.5 Å². The van der Waals surface area contributed by atoms with Crippen molar-refractivity contribution in [3.05, 3.63) is 46.3 Å². The SMILES string of the molecule is CN(C)C(=O)COC(=O)c1cc2ccccc2oc1=O. The van der Waals surface area contributed by atoms with Crippen molar-refractivity contribution in [1.82, 2.24) is 4.90 Å². The van der Waals surface area contributed by atoms with Crippen LogP contribution in [0, 0.1) is 0 Å². The highest BCUT2D eigenvalue weighted by Gasteiger charge is 2.16. The summed E-state index contributed by atoms with van der Waals surface area (Å²) in [5.74, 6) is -1.25. The summed E-state index contributed by atoms with van der Waals surface area (Å²) in [6, 6.07) is 8.21. The Labute approximate surface area is 114 Å². The number of carbonyl (C=O) groups excluding carboxylic acids is 2. The lowest BCUT2D eigenvalue weighted by atomic mass is 10.2. The summed E-state index contributed by atoms with van der Waals surface area (Å²) in [6.07, 6.45) is 0. The number of hydrogen-bond donors (Lipinski definition) is 0. The lowest BCUT2D eigenvalue weighted by molar-refractivity contribution is -0.131. The van der Waals surface area contributed by atoms with Crippen molar-refractivity contribution >= 4 is 22.8 Å². The average molecular weight is 275 g/mol. The first kappa shape index (κ1) is 13.8. The molecule has 0 aliphatic carbocycles. The summed E-state index contributed by atoms with van der Waals surface area (Å²) < 4.78 is 9.81. The molecule has 0 unspecified atom stereocenters. The molecule has 6 nitrogen and oxygen atoms in total. The molecule has 0 atom stereocenters. The number of rotatable bonds is 3. The zero-order valence-corrected chi connectivity index (χ0v) is 11.1. The Bertz CT molecular complexity index is 717. The minimum Gasteiger partial charge on any atom is -0.452 e. The van der Waals surface area contributed by atoms with Crippen LogP contribution in [0.15, 0.2) is 39.5 Å². The van der Waals surface area contributed by atoms with Gasteiger partial charge in [0.05, 0.1) is 0 Å². The fraction of sp³-hybridized carbons (Fsp3) is 0.214. The molecular weight excluding hydrogens is 262 g/mol. The van der Waals surface area contributed by atoms with Gasteiger partial charge in [-0.15, -0.1) is 0 Å². The van der Waals surface area contributed by atoms with Crippen LogP contribution in [-0.2, 0) is 9.53 Å². The maximum atomic E-state index is 11.8. The molecule has 0 saturated carbocycles. The summed E-state index contributed by atoms with van der Waals surface area (Å²) in [5, 5.41) is 0.609. The predicted molar refractivity (Wildman–Crippen MR) is 71.5 cm³/mol. The van der Waals surface area contributed by atoms with Gasteiger partial charge in [-0.1, -0.05) is 18.2 Å². The molecule has 0 N–H and O–H groups in total. The first-order valence-electron chi connectivity index (χ1n) is 5.89. The Morgan fingerprint density at radius 2 is 1.95 bits per heavy atom. The zero-order chi connectivity index (χ0) is 14.7. The van der Waals surface area contributed by atoms with Crippen molar-refractivity contribution in [2.75, 3.05) is 20.7 Å². The highest BCUT2D eigenvalue weighted by Crippen LogP contribution is 2.13. The normalized spacial score (nSPS) is 10.3. The number of para-hydroxylation sites is 1. The number of esters is 1. The van der Waals surface area contributed by atoms with Crippen molar-refractivity contribution < 1.29 is 18.7 Å². The van der Waals surface area contributed by atoms with Gasteiger partial charge < -0.3 is 14.1 Å². The molecule has 0 aliphatic rings. The van der Waals surface area contributed by atoms with Gasteiger partial charge in [0.25, 0.3) is 5.91 Å². The number of benzene rings is 1. The number of carbonyl (C=O) groups is 2. The fourth-order valence-corrected chi connectivity index (χ4v) is 1.54. The zero-order valence-electron chi connectivity index (χ0n) is 11.1. The van der Waals surface area contributed by atoms with E-state index in [2.05, 4.69) is 0 Å². The van der Waals surface area contributed by atoms with Crippen molar-refractivity contribution in [2.45, 2.75) is 0 Å². The number of ether oxygens (including phenoxy) is 1. The molecule has 0 aliphatic heterocycles. The first-order chi connectivity index (χ1) is 9.49. The Balaban J connectivity index is 2.24. The van der Waals surface area contributed by atoms with Gasteiger partial charge in [-0.2, -0.15) is 0 Å². The lowest BCUT2D eigenvalue weighted by Gasteiger charge is -2.10. The quantitative estimate of drug-likeness (QED) is 0.618. The van der Waals surface area contributed by atoms with Crippen LogP contribution in [0.2, 0.25) is 0 Å². The second-order valence-electron chi connectivity index (χ2n) is 4.35. The summed E-state index contributed by atoms with van der Waals surface area (Å²) in [7, 11) is 3.08. The summed E-state index contributed by atoms with van der Waals surface area (Å²) in [5.41, 5.74) is -0.625. The Morgan fingerprint density at radius 1 is 1.25 bits per heavy atom. The highest BCUT2D eigenvalue weighted by molar-refractivity contribution is 5.94. The number of likely N-dealkylation sites (N-methyl/N-ethyl adjacent to an activating group) is 1. The third-order valence-electron chi connectivity index (χ3n) is 2.69. The second-order valence-corrected chi connectivity index (χ2v) is 4.35. The van der Waals surface area contributed by atoms with Crippen LogP contribution in [0.5, 0.6) is 0 Å². The summed E-state index contributed by atoms with van der Waals surface area (Å²) in [4.78, 5) is 36.1. The van der Waals surface area contributed by atoms with E-state index in [1.54, 1.807) is 38.4 Å². The van der Waals surface area contributed by atoms with Crippen LogP contribution < -0.4 is 5.63 Å². The topological polar surface area (TPSA) is 76.8 Å². The third-order valence-corrected chi connectivity index (χ3v) is 2.69. The first-order valence-corrected chi connectivity index (χ1v) is 5.89. The number of fused-ring (bicyclic) bond motifs is 1. The van der Waals surface area contributed by atoms with E-state index in [0.29, 0.717) is 11.0 Å². The molecular formula is C14H13NO5. The molecule has 104 valence electrons. The number of amides is 1. The van der Waals surface area contributed by atoms with E-state index in [4.69, 9.17) is 9.15 Å². The van der Waals surface area contributed by atoms with Gasteiger partial charge in [0.15, 0.2) is 6.61 Å². The van der Waals surface area contributed by atoms with Gasteiger partial charge in [-0.25, -0.2) is 9.59 Å². The largest absolute Gasteiger partial charge is 0.452 e. The third kappa shape index (κ3) is 2.85. The molecule has 0 spiro atoms. The number of hydrogen-bond acceptors (Lipinski definition) is 5. The molecule has 1 aromatic carbocycles. The van der Waals surface area contributed by atoms with Crippen molar-refractivity contribution in [1.29, 1.82) is 0 Å². The molecule has 20 heavy (non-hydrogen) atoms. The van der Waals surface area contributed by atoms with Gasteiger partial charge >= 0.3 is 11.6 Å². The molecule has 2 rings (SSSR count). The molecule has 0 saturated heterocycles. The molecule has 0 bridgehead atoms. The van der Waals surface area contributed by atoms with Crippen LogP contribution in [0.3, 0.4) is 0 Å². The molecule has 6 heteroatoms. The Morgan fingerprint density at radius 3 is 2.65 bits per heavy atom. The van der Waals surface area contributed by atoms with E-state index >= 15 is 0 Å². The molecule has 1 aromatic heterocycles. The Kier molecular flexibility index (Phi) is 3.84. The predicted octanol–water partition coefficient (Wildman–Crippen LogP) is 1.04. The minimum absolute atomic E-state index is 0.227. The average Bonchev–Trinajstić information content (AvgIpc) is 2.43. The van der Waals surface area contributed by atoms with Crippen molar-refractivity contribution in [3.63, 3.8) is 0 Å². The van der Waals surface area contributed by atoms with Gasteiger partial charge in [0.1, 0.15) is 11.1 Å². The molecule has 2 aromatic rings. The van der Waals surface area contributed by atoms with E-state index in [9.17, 15) is 14.4 Å². The molecule has 0 fully saturated rings. The fourth-order valence-electron chi connectivity index (χ4n) is 1.54. The highest BCUT2D eigenvalue weighted by atomic mass is 16.5. The minimum atomic E-state index is -0.875. The van der Waals surface area contributed by atoms with E-state index in [1.807, 2.05) is 0 Å². The van der Waals surface area contributed by atoms with Crippen LogP contribution in [0.1, 0.15) is 10.4 Å². The summed E-state index contributed by atoms with van der Waals surface area (Å²) >= 11 is 0. The van der Waals surface area contributed by atoms with E-state index < -0.39 is 18.2 Å². The van der Waals surface area contributed by atoms with Crippen LogP contribution in [0.4, 0.5) is 0 Å². The lowest BCUT2D eigenvalue weighted by Crippen LogP contribution is -2.28.